The minimum Gasteiger partial charge on any atom is -0.490 e. The van der Waals surface area contributed by atoms with Gasteiger partial charge in [0.2, 0.25) is 0 Å². The Labute approximate surface area is 119 Å². The number of fused-ring (bicyclic) bond motifs is 1. The summed E-state index contributed by atoms with van der Waals surface area (Å²) >= 11 is 0. The molecule has 1 unspecified atom stereocenters. The van der Waals surface area contributed by atoms with Crippen LogP contribution in [0.4, 0.5) is 5.69 Å². The van der Waals surface area contributed by atoms with E-state index in [9.17, 15) is 9.90 Å². The van der Waals surface area contributed by atoms with Crippen molar-refractivity contribution in [2.45, 2.75) is 32.4 Å². The number of ketones is 1. The van der Waals surface area contributed by atoms with E-state index in [2.05, 4.69) is 10.6 Å². The molecular weight excluding hydrogens is 256 g/mol. The number of aliphatic hydroxyl groups is 1. The van der Waals surface area contributed by atoms with Crippen LogP contribution >= 0.6 is 0 Å². The lowest BCUT2D eigenvalue weighted by molar-refractivity contribution is 0.0911. The molecule has 0 saturated carbocycles. The third kappa shape index (κ3) is 3.29. The van der Waals surface area contributed by atoms with Crippen LogP contribution in [0.2, 0.25) is 0 Å². The van der Waals surface area contributed by atoms with Crippen LogP contribution in [0.15, 0.2) is 18.2 Å². The van der Waals surface area contributed by atoms with E-state index in [4.69, 9.17) is 4.74 Å². The molecule has 110 valence electrons. The van der Waals surface area contributed by atoms with Gasteiger partial charge in [0.25, 0.3) is 0 Å². The topological polar surface area (TPSA) is 70.6 Å². The molecule has 1 aliphatic heterocycles. The van der Waals surface area contributed by atoms with E-state index in [0.717, 1.165) is 18.0 Å². The van der Waals surface area contributed by atoms with Gasteiger partial charge in [-0.15, -0.1) is 0 Å². The number of nitrogens with one attached hydrogen (secondary N) is 2. The highest BCUT2D eigenvalue weighted by molar-refractivity contribution is 6.01. The molecule has 1 aromatic rings. The van der Waals surface area contributed by atoms with Crippen LogP contribution in [-0.4, -0.2) is 42.2 Å². The Morgan fingerprint density at radius 2 is 2.30 bits per heavy atom. The van der Waals surface area contributed by atoms with E-state index in [1.54, 1.807) is 6.07 Å². The summed E-state index contributed by atoms with van der Waals surface area (Å²) in [5.74, 6) is 0.783. The van der Waals surface area contributed by atoms with Crippen LogP contribution in [0, 0.1) is 0 Å². The molecule has 0 aromatic heterocycles. The Morgan fingerprint density at radius 3 is 3.00 bits per heavy atom. The molecule has 0 fully saturated rings. The second-order valence-corrected chi connectivity index (χ2v) is 5.76. The lowest BCUT2D eigenvalue weighted by atomic mass is 10.00. The molecule has 1 heterocycles. The third-order valence-electron chi connectivity index (χ3n) is 3.33. The third-order valence-corrected chi connectivity index (χ3v) is 3.33. The first-order valence-corrected chi connectivity index (χ1v) is 6.86. The average molecular weight is 278 g/mol. The van der Waals surface area contributed by atoms with E-state index in [1.807, 2.05) is 32.9 Å². The van der Waals surface area contributed by atoms with Crippen molar-refractivity contribution >= 4 is 11.5 Å². The predicted molar refractivity (Wildman–Crippen MR) is 78.5 cm³/mol. The minimum absolute atomic E-state index is 0.00157. The van der Waals surface area contributed by atoms with Crippen LogP contribution in [0.3, 0.4) is 0 Å². The highest BCUT2D eigenvalue weighted by atomic mass is 16.5. The fourth-order valence-corrected chi connectivity index (χ4v) is 2.24. The molecule has 0 saturated heterocycles. The smallest absolute Gasteiger partial charge is 0.179 e. The number of Topliss-reactive ketones (excluding diaryl/α,β-unsaturated/α-hetero) is 1. The monoisotopic (exact) mass is 278 g/mol. The molecule has 1 aliphatic rings. The second kappa shape index (κ2) is 5.81. The first-order chi connectivity index (χ1) is 9.43. The number of rotatable bonds is 5. The van der Waals surface area contributed by atoms with Gasteiger partial charge in [-0.25, -0.2) is 0 Å². The molecule has 0 spiro atoms. The number of hydrogen-bond acceptors (Lipinski definition) is 5. The number of aliphatic hydroxyl groups excluding tert-OH is 1. The lowest BCUT2D eigenvalue weighted by Gasteiger charge is -2.27. The zero-order valence-corrected chi connectivity index (χ0v) is 12.2. The summed E-state index contributed by atoms with van der Waals surface area (Å²) in [6, 6.07) is 5.05. The molecule has 1 aromatic carbocycles. The van der Waals surface area contributed by atoms with E-state index in [0.29, 0.717) is 12.2 Å². The minimum atomic E-state index is -0.482. The van der Waals surface area contributed by atoms with Crippen molar-refractivity contribution in [1.82, 2.24) is 5.32 Å². The Morgan fingerprint density at radius 1 is 1.55 bits per heavy atom. The zero-order chi connectivity index (χ0) is 14.8. The van der Waals surface area contributed by atoms with Gasteiger partial charge in [0.15, 0.2) is 5.78 Å². The number of hydrogen-bond donors (Lipinski definition) is 3. The molecule has 0 amide bonds. The summed E-state index contributed by atoms with van der Waals surface area (Å²) in [5.41, 5.74) is 1.01. The van der Waals surface area contributed by atoms with Gasteiger partial charge in [0.05, 0.1) is 18.3 Å². The van der Waals surface area contributed by atoms with Crippen molar-refractivity contribution in [1.29, 1.82) is 0 Å². The van der Waals surface area contributed by atoms with Crippen LogP contribution in [-0.2, 0) is 0 Å². The number of benzene rings is 1. The van der Waals surface area contributed by atoms with Crippen LogP contribution in [0.5, 0.6) is 5.75 Å². The van der Waals surface area contributed by atoms with E-state index >= 15 is 0 Å². The molecule has 0 aliphatic carbocycles. The maximum atomic E-state index is 12.4. The maximum absolute atomic E-state index is 12.4. The molecule has 5 nitrogen and oxygen atoms in total. The number of carbonyl (C=O) groups is 1. The molecular formula is C15H22N2O3. The van der Waals surface area contributed by atoms with Crippen LogP contribution < -0.4 is 15.4 Å². The summed E-state index contributed by atoms with van der Waals surface area (Å²) in [6.07, 6.45) is 0. The van der Waals surface area contributed by atoms with Crippen molar-refractivity contribution in [3.63, 3.8) is 0 Å². The standard InChI is InChI=1S/C15H22N2O3/c1-10(17-15(2,3)9-18)14(19)11-4-5-13-12(8-11)16-6-7-20-13/h4-5,8,10,16-18H,6-7,9H2,1-3H3. The van der Waals surface area contributed by atoms with Crippen LogP contribution in [0.25, 0.3) is 0 Å². The molecule has 20 heavy (non-hydrogen) atoms. The molecule has 2 rings (SSSR count). The summed E-state index contributed by atoms with van der Waals surface area (Å²) in [4.78, 5) is 12.4. The summed E-state index contributed by atoms with van der Waals surface area (Å²) in [5, 5.41) is 15.6. The van der Waals surface area contributed by atoms with Gasteiger partial charge >= 0.3 is 0 Å². The number of anilines is 1. The molecule has 0 radical (unpaired) electrons. The van der Waals surface area contributed by atoms with Gasteiger partial charge in [-0.05, 0) is 39.0 Å². The molecule has 3 N–H and O–H groups in total. The molecule has 0 bridgehead atoms. The molecule has 5 heteroatoms. The summed E-state index contributed by atoms with van der Waals surface area (Å²) in [7, 11) is 0. The SMILES string of the molecule is CC(NC(C)(C)CO)C(=O)c1ccc2c(c1)NCCO2. The van der Waals surface area contributed by atoms with Gasteiger partial charge in [0, 0.05) is 17.6 Å². The van der Waals surface area contributed by atoms with Crippen molar-refractivity contribution in [2.24, 2.45) is 0 Å². The fraction of sp³-hybridized carbons (Fsp3) is 0.533. The van der Waals surface area contributed by atoms with Gasteiger partial charge < -0.3 is 20.5 Å². The number of ether oxygens (including phenoxy) is 1. The van der Waals surface area contributed by atoms with Crippen molar-refractivity contribution in [3.05, 3.63) is 23.8 Å². The Bertz CT molecular complexity index is 500. The van der Waals surface area contributed by atoms with Crippen molar-refractivity contribution in [2.75, 3.05) is 25.1 Å². The largest absolute Gasteiger partial charge is 0.490 e. The Hall–Kier alpha value is -1.59. The van der Waals surface area contributed by atoms with Gasteiger partial charge in [-0.2, -0.15) is 0 Å². The van der Waals surface area contributed by atoms with E-state index in [1.165, 1.54) is 0 Å². The van der Waals surface area contributed by atoms with E-state index in [-0.39, 0.29) is 18.4 Å². The summed E-state index contributed by atoms with van der Waals surface area (Å²) in [6.45, 7) is 6.89. The predicted octanol–water partition coefficient (Wildman–Crippen LogP) is 1.42. The van der Waals surface area contributed by atoms with Gasteiger partial charge in [-0.3, -0.25) is 4.79 Å². The normalized spacial score (nSPS) is 15.8. The second-order valence-electron chi connectivity index (χ2n) is 5.76. The quantitative estimate of drug-likeness (QED) is 0.711. The highest BCUT2D eigenvalue weighted by Crippen LogP contribution is 2.28. The Balaban J connectivity index is 2.12. The van der Waals surface area contributed by atoms with E-state index < -0.39 is 5.54 Å². The highest BCUT2D eigenvalue weighted by Gasteiger charge is 2.24. The first kappa shape index (κ1) is 14.8. The Kier molecular flexibility index (Phi) is 4.30. The van der Waals surface area contributed by atoms with Crippen LogP contribution in [0.1, 0.15) is 31.1 Å². The maximum Gasteiger partial charge on any atom is 0.179 e. The fourth-order valence-electron chi connectivity index (χ4n) is 2.24. The summed E-state index contributed by atoms with van der Waals surface area (Å²) < 4.78 is 5.49. The van der Waals surface area contributed by atoms with Crippen molar-refractivity contribution < 1.29 is 14.6 Å². The first-order valence-electron chi connectivity index (χ1n) is 6.86. The molecule has 1 atom stereocenters. The van der Waals surface area contributed by atoms with Gasteiger partial charge in [-0.1, -0.05) is 0 Å². The zero-order valence-electron chi connectivity index (χ0n) is 12.2. The lowest BCUT2D eigenvalue weighted by Crippen LogP contribution is -2.50. The average Bonchev–Trinajstić information content (AvgIpc) is 2.45. The van der Waals surface area contributed by atoms with Gasteiger partial charge in [0.1, 0.15) is 12.4 Å². The number of carbonyl (C=O) groups excluding carboxylic acids is 1. The van der Waals surface area contributed by atoms with Crippen molar-refractivity contribution in [3.8, 4) is 5.75 Å².